The maximum Gasteiger partial charge on any atom is 0.139 e. The number of hydrogen-bond acceptors (Lipinski definition) is 3. The molecule has 5 heteroatoms. The monoisotopic (exact) mass is 277 g/mol. The third kappa shape index (κ3) is 2.33. The van der Waals surface area contributed by atoms with Crippen LogP contribution >= 0.6 is 11.6 Å². The van der Waals surface area contributed by atoms with E-state index in [4.69, 9.17) is 16.3 Å². The Bertz CT molecular complexity index is 576. The molecule has 0 bridgehead atoms. The number of benzene rings is 1. The highest BCUT2D eigenvalue weighted by molar-refractivity contribution is 6.32. The van der Waals surface area contributed by atoms with E-state index in [0.29, 0.717) is 16.8 Å². The van der Waals surface area contributed by atoms with Crippen molar-refractivity contribution in [3.05, 3.63) is 41.4 Å². The molecule has 1 aromatic heterocycles. The summed E-state index contributed by atoms with van der Waals surface area (Å²) in [7, 11) is 1.62. The summed E-state index contributed by atoms with van der Waals surface area (Å²) in [5.41, 5.74) is 2.20. The molecule has 0 radical (unpaired) electrons. The van der Waals surface area contributed by atoms with Gasteiger partial charge >= 0.3 is 0 Å². The first kappa shape index (κ1) is 12.5. The van der Waals surface area contributed by atoms with Crippen LogP contribution in [0.1, 0.15) is 24.6 Å². The third-order valence-corrected chi connectivity index (χ3v) is 3.81. The van der Waals surface area contributed by atoms with Crippen molar-refractivity contribution in [3.63, 3.8) is 0 Å². The minimum Gasteiger partial charge on any atom is -0.495 e. The molecule has 1 aromatic carbocycles. The molecule has 2 aromatic rings. The van der Waals surface area contributed by atoms with Crippen molar-refractivity contribution < 1.29 is 4.74 Å². The molecule has 4 nitrogen and oxygen atoms in total. The molecule has 1 aliphatic heterocycles. The van der Waals surface area contributed by atoms with Crippen LogP contribution in [0.15, 0.2) is 30.7 Å². The summed E-state index contributed by atoms with van der Waals surface area (Å²) in [6.45, 7) is 1.07. The topological polar surface area (TPSA) is 39.1 Å². The number of hydrogen-bond donors (Lipinski definition) is 1. The van der Waals surface area contributed by atoms with Crippen molar-refractivity contribution in [2.24, 2.45) is 0 Å². The molecule has 0 aliphatic carbocycles. The van der Waals surface area contributed by atoms with E-state index in [1.165, 1.54) is 12.1 Å². The van der Waals surface area contributed by atoms with Crippen LogP contribution in [0, 0.1) is 0 Å². The maximum atomic E-state index is 6.06. The fraction of sp³-hybridized carbons (Fsp3) is 0.357. The van der Waals surface area contributed by atoms with Gasteiger partial charge in [-0.15, -0.1) is 0 Å². The lowest BCUT2D eigenvalue weighted by atomic mass is 10.1. The van der Waals surface area contributed by atoms with Crippen LogP contribution in [0.4, 0.5) is 0 Å². The summed E-state index contributed by atoms with van der Waals surface area (Å²) in [4.78, 5) is 4.27. The van der Waals surface area contributed by atoms with Crippen molar-refractivity contribution in [3.8, 4) is 11.4 Å². The van der Waals surface area contributed by atoms with E-state index >= 15 is 0 Å². The highest BCUT2D eigenvalue weighted by Gasteiger charge is 2.20. The van der Waals surface area contributed by atoms with Crippen LogP contribution in [0.25, 0.3) is 5.69 Å². The van der Waals surface area contributed by atoms with Crippen molar-refractivity contribution in [1.82, 2.24) is 14.9 Å². The Morgan fingerprint density at radius 1 is 1.47 bits per heavy atom. The molecule has 1 saturated heterocycles. The SMILES string of the molecule is COc1cc(-n2cncc2C2CCCN2)ccc1Cl. The Balaban J connectivity index is 2.00. The van der Waals surface area contributed by atoms with Gasteiger partial charge in [0.1, 0.15) is 5.75 Å². The number of imidazole rings is 1. The number of methoxy groups -OCH3 is 1. The van der Waals surface area contributed by atoms with E-state index in [9.17, 15) is 0 Å². The van der Waals surface area contributed by atoms with Gasteiger partial charge in [0.05, 0.1) is 36.0 Å². The summed E-state index contributed by atoms with van der Waals surface area (Å²) in [6, 6.07) is 6.14. The van der Waals surface area contributed by atoms with Gasteiger partial charge in [0.25, 0.3) is 0 Å². The van der Waals surface area contributed by atoms with Crippen LogP contribution in [0.5, 0.6) is 5.75 Å². The third-order valence-electron chi connectivity index (χ3n) is 3.50. The number of halogens is 1. The van der Waals surface area contributed by atoms with Gasteiger partial charge < -0.3 is 14.6 Å². The van der Waals surface area contributed by atoms with Crippen molar-refractivity contribution in [2.45, 2.75) is 18.9 Å². The summed E-state index contributed by atoms with van der Waals surface area (Å²) < 4.78 is 7.35. The van der Waals surface area contributed by atoms with Gasteiger partial charge in [0.2, 0.25) is 0 Å². The maximum absolute atomic E-state index is 6.06. The molecule has 2 heterocycles. The largest absolute Gasteiger partial charge is 0.495 e. The molecular formula is C14H16ClN3O. The van der Waals surface area contributed by atoms with Crippen LogP contribution in [-0.2, 0) is 0 Å². The summed E-state index contributed by atoms with van der Waals surface area (Å²) in [5.74, 6) is 0.679. The highest BCUT2D eigenvalue weighted by atomic mass is 35.5. The Labute approximate surface area is 117 Å². The number of nitrogens with zero attached hydrogens (tertiary/aromatic N) is 2. The van der Waals surface area contributed by atoms with Gasteiger partial charge in [0.15, 0.2) is 0 Å². The second-order valence-electron chi connectivity index (χ2n) is 4.66. The fourth-order valence-corrected chi connectivity index (χ4v) is 2.71. The quantitative estimate of drug-likeness (QED) is 0.937. The molecule has 1 aliphatic rings. The van der Waals surface area contributed by atoms with E-state index < -0.39 is 0 Å². The van der Waals surface area contributed by atoms with Gasteiger partial charge in [-0.3, -0.25) is 0 Å². The molecule has 0 saturated carbocycles. The minimum absolute atomic E-state index is 0.379. The average molecular weight is 278 g/mol. The van der Waals surface area contributed by atoms with Gasteiger partial charge in [-0.1, -0.05) is 11.6 Å². The fourth-order valence-electron chi connectivity index (χ4n) is 2.51. The average Bonchev–Trinajstić information content (AvgIpc) is 3.09. The number of aromatic nitrogens is 2. The number of nitrogens with one attached hydrogen (secondary N) is 1. The van der Waals surface area contributed by atoms with E-state index in [1.807, 2.05) is 30.7 Å². The summed E-state index contributed by atoms with van der Waals surface area (Å²) in [5, 5.41) is 4.11. The highest BCUT2D eigenvalue weighted by Crippen LogP contribution is 2.29. The predicted molar refractivity (Wildman–Crippen MR) is 75.1 cm³/mol. The van der Waals surface area contributed by atoms with Crippen LogP contribution in [0.3, 0.4) is 0 Å². The minimum atomic E-state index is 0.379. The van der Waals surface area contributed by atoms with Crippen molar-refractivity contribution >= 4 is 11.6 Å². The zero-order valence-corrected chi connectivity index (χ0v) is 11.5. The Morgan fingerprint density at radius 2 is 2.37 bits per heavy atom. The molecular weight excluding hydrogens is 262 g/mol. The molecule has 1 N–H and O–H groups in total. The first-order valence-electron chi connectivity index (χ1n) is 6.39. The normalized spacial score (nSPS) is 18.7. The molecule has 100 valence electrons. The van der Waals surface area contributed by atoms with E-state index in [0.717, 1.165) is 18.7 Å². The van der Waals surface area contributed by atoms with Crippen LogP contribution in [0.2, 0.25) is 5.02 Å². The predicted octanol–water partition coefficient (Wildman–Crippen LogP) is 2.96. The van der Waals surface area contributed by atoms with Crippen LogP contribution in [-0.4, -0.2) is 23.2 Å². The van der Waals surface area contributed by atoms with Crippen molar-refractivity contribution in [1.29, 1.82) is 0 Å². The Morgan fingerprint density at radius 3 is 3.11 bits per heavy atom. The molecule has 1 atom stereocenters. The lowest BCUT2D eigenvalue weighted by Gasteiger charge is -2.15. The lowest BCUT2D eigenvalue weighted by Crippen LogP contribution is -2.16. The zero-order chi connectivity index (χ0) is 13.2. The van der Waals surface area contributed by atoms with Gasteiger partial charge in [-0.25, -0.2) is 4.98 Å². The zero-order valence-electron chi connectivity index (χ0n) is 10.8. The van der Waals surface area contributed by atoms with Gasteiger partial charge in [0, 0.05) is 12.1 Å². The van der Waals surface area contributed by atoms with Gasteiger partial charge in [-0.05, 0) is 31.5 Å². The first-order chi connectivity index (χ1) is 9.29. The van der Waals surface area contributed by atoms with Crippen molar-refractivity contribution in [2.75, 3.05) is 13.7 Å². The standard InChI is InChI=1S/C14H16ClN3O/c1-19-14-7-10(4-5-11(14)15)18-9-16-8-13(18)12-3-2-6-17-12/h4-5,7-9,12,17H,2-3,6H2,1H3. The molecule has 19 heavy (non-hydrogen) atoms. The second-order valence-corrected chi connectivity index (χ2v) is 5.06. The molecule has 0 spiro atoms. The van der Waals surface area contributed by atoms with E-state index in [1.54, 1.807) is 7.11 Å². The number of ether oxygens (including phenoxy) is 1. The van der Waals surface area contributed by atoms with Gasteiger partial charge in [-0.2, -0.15) is 0 Å². The first-order valence-corrected chi connectivity index (χ1v) is 6.77. The Hall–Kier alpha value is -1.52. The Kier molecular flexibility index (Phi) is 3.44. The van der Waals surface area contributed by atoms with Crippen LogP contribution < -0.4 is 10.1 Å². The molecule has 3 rings (SSSR count). The molecule has 1 unspecified atom stereocenters. The second kappa shape index (κ2) is 5.23. The van der Waals surface area contributed by atoms with E-state index in [-0.39, 0.29) is 0 Å². The molecule has 0 amide bonds. The smallest absolute Gasteiger partial charge is 0.139 e. The molecule has 1 fully saturated rings. The summed E-state index contributed by atoms with van der Waals surface area (Å²) in [6.07, 6.45) is 6.11. The summed E-state index contributed by atoms with van der Waals surface area (Å²) >= 11 is 6.06. The lowest BCUT2D eigenvalue weighted by molar-refractivity contribution is 0.415. The number of rotatable bonds is 3. The van der Waals surface area contributed by atoms with E-state index in [2.05, 4.69) is 14.9 Å².